The Bertz CT molecular complexity index is 348. The van der Waals surface area contributed by atoms with Crippen molar-refractivity contribution in [2.75, 3.05) is 6.61 Å². The maximum Gasteiger partial charge on any atom is 0.324 e. The number of hydrogen-bond donors (Lipinski definition) is 0. The minimum atomic E-state index is -0.845. The number of halogens is 3. The molecule has 0 N–H and O–H groups in total. The molecule has 0 aliphatic carbocycles. The molecule has 0 aliphatic rings. The third-order valence-corrected chi connectivity index (χ3v) is 2.57. The third-order valence-electron chi connectivity index (χ3n) is 1.67. The molecule has 1 atom stereocenters. The van der Waals surface area contributed by atoms with Crippen molar-refractivity contribution in [2.45, 2.75) is 11.8 Å². The van der Waals surface area contributed by atoms with Gasteiger partial charge in [0, 0.05) is 6.07 Å². The van der Waals surface area contributed by atoms with Crippen molar-refractivity contribution in [3.63, 3.8) is 0 Å². The van der Waals surface area contributed by atoms with Gasteiger partial charge in [-0.3, -0.25) is 4.79 Å². The van der Waals surface area contributed by atoms with Crippen molar-refractivity contribution < 1.29 is 18.3 Å². The van der Waals surface area contributed by atoms with Crippen LogP contribution in [0.4, 0.5) is 8.78 Å². The Hall–Kier alpha value is -0.970. The van der Waals surface area contributed by atoms with E-state index >= 15 is 0 Å². The van der Waals surface area contributed by atoms with E-state index in [0.717, 1.165) is 18.2 Å². The fraction of sp³-hybridized carbons (Fsp3) is 0.300. The molecule has 0 aliphatic heterocycles. The molecule has 0 amide bonds. The topological polar surface area (TPSA) is 26.3 Å². The van der Waals surface area contributed by atoms with Gasteiger partial charge in [0.05, 0.1) is 6.61 Å². The van der Waals surface area contributed by atoms with Crippen LogP contribution in [0.25, 0.3) is 0 Å². The Morgan fingerprint density at radius 2 is 1.93 bits per heavy atom. The Morgan fingerprint density at radius 3 is 2.40 bits per heavy atom. The predicted octanol–water partition coefficient (Wildman–Crippen LogP) is 2.96. The summed E-state index contributed by atoms with van der Waals surface area (Å²) in [6, 6.07) is 2.91. The van der Waals surface area contributed by atoms with Gasteiger partial charge < -0.3 is 4.74 Å². The number of esters is 1. The molecular formula is C10H9BrF2O2. The molecular weight excluding hydrogens is 270 g/mol. The molecule has 15 heavy (non-hydrogen) atoms. The van der Waals surface area contributed by atoms with E-state index < -0.39 is 22.4 Å². The highest BCUT2D eigenvalue weighted by Crippen LogP contribution is 2.25. The van der Waals surface area contributed by atoms with Crippen LogP contribution in [-0.4, -0.2) is 12.6 Å². The molecule has 1 aromatic carbocycles. The van der Waals surface area contributed by atoms with Crippen LogP contribution in [0.2, 0.25) is 0 Å². The maximum absolute atomic E-state index is 12.8. The molecule has 1 unspecified atom stereocenters. The first kappa shape index (κ1) is 12.1. The van der Waals surface area contributed by atoms with Gasteiger partial charge in [-0.25, -0.2) is 8.78 Å². The number of rotatable bonds is 3. The van der Waals surface area contributed by atoms with E-state index in [-0.39, 0.29) is 12.2 Å². The summed E-state index contributed by atoms with van der Waals surface area (Å²) in [4.78, 5) is 10.4. The van der Waals surface area contributed by atoms with E-state index in [2.05, 4.69) is 15.9 Å². The summed E-state index contributed by atoms with van der Waals surface area (Å²) in [5, 5.41) is 0. The molecule has 1 aromatic rings. The Labute approximate surface area is 94.4 Å². The van der Waals surface area contributed by atoms with Crippen LogP contribution in [0.15, 0.2) is 18.2 Å². The zero-order valence-corrected chi connectivity index (χ0v) is 9.55. The van der Waals surface area contributed by atoms with Gasteiger partial charge in [-0.1, -0.05) is 15.9 Å². The van der Waals surface area contributed by atoms with Crippen LogP contribution in [0.1, 0.15) is 17.3 Å². The van der Waals surface area contributed by atoms with Crippen molar-refractivity contribution in [1.29, 1.82) is 0 Å². The molecule has 1 rings (SSSR count). The number of carbonyl (C=O) groups is 1. The summed E-state index contributed by atoms with van der Waals surface area (Å²) in [7, 11) is 0. The van der Waals surface area contributed by atoms with Gasteiger partial charge in [0.1, 0.15) is 16.5 Å². The molecule has 2 nitrogen and oxygen atoms in total. The first-order chi connectivity index (χ1) is 7.04. The predicted molar refractivity (Wildman–Crippen MR) is 54.7 cm³/mol. The average molecular weight is 279 g/mol. The van der Waals surface area contributed by atoms with Crippen LogP contribution in [-0.2, 0) is 9.53 Å². The summed E-state index contributed by atoms with van der Waals surface area (Å²) in [5.41, 5.74) is 0.200. The van der Waals surface area contributed by atoms with Crippen molar-refractivity contribution in [3.05, 3.63) is 35.4 Å². The molecule has 0 aromatic heterocycles. The third kappa shape index (κ3) is 3.27. The second-order valence-electron chi connectivity index (χ2n) is 2.82. The van der Waals surface area contributed by atoms with Crippen LogP contribution >= 0.6 is 15.9 Å². The quantitative estimate of drug-likeness (QED) is 0.628. The summed E-state index contributed by atoms with van der Waals surface area (Å²) < 4.78 is 30.4. The smallest absolute Gasteiger partial charge is 0.324 e. The largest absolute Gasteiger partial charge is 0.465 e. The van der Waals surface area contributed by atoms with Gasteiger partial charge in [0.15, 0.2) is 0 Å². The van der Waals surface area contributed by atoms with Crippen molar-refractivity contribution >= 4 is 21.9 Å². The highest BCUT2D eigenvalue weighted by atomic mass is 79.9. The van der Waals surface area contributed by atoms with Gasteiger partial charge in [-0.15, -0.1) is 0 Å². The molecule has 0 saturated carbocycles. The van der Waals surface area contributed by atoms with Gasteiger partial charge in [0.25, 0.3) is 0 Å². The van der Waals surface area contributed by atoms with Gasteiger partial charge >= 0.3 is 5.97 Å². The lowest BCUT2D eigenvalue weighted by Crippen LogP contribution is -2.11. The zero-order chi connectivity index (χ0) is 11.4. The van der Waals surface area contributed by atoms with E-state index in [9.17, 15) is 13.6 Å². The minimum Gasteiger partial charge on any atom is -0.465 e. The summed E-state index contributed by atoms with van der Waals surface area (Å²) in [6.07, 6.45) is 0. The number of alkyl halides is 1. The van der Waals surface area contributed by atoms with Crippen LogP contribution in [0.3, 0.4) is 0 Å². The van der Waals surface area contributed by atoms with Crippen LogP contribution in [0, 0.1) is 11.6 Å². The van der Waals surface area contributed by atoms with Crippen molar-refractivity contribution in [1.82, 2.24) is 0 Å². The summed E-state index contributed by atoms with van der Waals surface area (Å²) in [6.45, 7) is 1.88. The monoisotopic (exact) mass is 278 g/mol. The fourth-order valence-electron chi connectivity index (χ4n) is 1.07. The van der Waals surface area contributed by atoms with Crippen molar-refractivity contribution in [3.8, 4) is 0 Å². The first-order valence-corrected chi connectivity index (χ1v) is 5.23. The lowest BCUT2D eigenvalue weighted by Gasteiger charge is -2.09. The van der Waals surface area contributed by atoms with Crippen LogP contribution < -0.4 is 0 Å². The Balaban J connectivity index is 2.90. The second kappa shape index (κ2) is 5.21. The van der Waals surface area contributed by atoms with E-state index in [4.69, 9.17) is 4.74 Å². The molecule has 0 heterocycles. The number of carbonyl (C=O) groups excluding carboxylic acids is 1. The fourth-order valence-corrected chi connectivity index (χ4v) is 1.47. The second-order valence-corrected chi connectivity index (χ2v) is 3.73. The normalized spacial score (nSPS) is 12.3. The van der Waals surface area contributed by atoms with E-state index in [0.29, 0.717) is 0 Å². The summed E-state index contributed by atoms with van der Waals surface area (Å²) >= 11 is 3.01. The SMILES string of the molecule is CCOC(=O)C(Br)c1cc(F)cc(F)c1. The highest BCUT2D eigenvalue weighted by Gasteiger charge is 2.19. The van der Waals surface area contributed by atoms with E-state index in [1.54, 1.807) is 6.92 Å². The number of hydrogen-bond acceptors (Lipinski definition) is 2. The molecule has 5 heteroatoms. The maximum atomic E-state index is 12.8. The van der Waals surface area contributed by atoms with E-state index in [1.807, 2.05) is 0 Å². The molecule has 0 radical (unpaired) electrons. The lowest BCUT2D eigenvalue weighted by molar-refractivity contribution is -0.142. The van der Waals surface area contributed by atoms with Crippen molar-refractivity contribution in [2.24, 2.45) is 0 Å². The van der Waals surface area contributed by atoms with Gasteiger partial charge in [-0.2, -0.15) is 0 Å². The van der Waals surface area contributed by atoms with Gasteiger partial charge in [0.2, 0.25) is 0 Å². The zero-order valence-electron chi connectivity index (χ0n) is 7.97. The van der Waals surface area contributed by atoms with E-state index in [1.165, 1.54) is 0 Å². The lowest BCUT2D eigenvalue weighted by atomic mass is 10.1. The molecule has 0 bridgehead atoms. The average Bonchev–Trinajstić information content (AvgIpc) is 2.15. The summed E-state index contributed by atoms with van der Waals surface area (Å²) in [5.74, 6) is -2.01. The number of benzene rings is 1. The molecule has 0 fully saturated rings. The number of ether oxygens (including phenoxy) is 1. The molecule has 0 saturated heterocycles. The Morgan fingerprint density at radius 1 is 1.40 bits per heavy atom. The highest BCUT2D eigenvalue weighted by molar-refractivity contribution is 9.09. The van der Waals surface area contributed by atoms with Crippen LogP contribution in [0.5, 0.6) is 0 Å². The Kier molecular flexibility index (Phi) is 4.20. The minimum absolute atomic E-state index is 0.200. The standard InChI is InChI=1S/C10H9BrF2O2/c1-2-15-10(14)9(11)6-3-7(12)5-8(13)4-6/h3-5,9H,2H2,1H3. The molecule has 0 spiro atoms. The van der Waals surface area contributed by atoms with Gasteiger partial charge in [-0.05, 0) is 24.6 Å². The first-order valence-electron chi connectivity index (χ1n) is 4.31. The molecule has 82 valence electrons.